The van der Waals surface area contributed by atoms with E-state index in [4.69, 9.17) is 9.47 Å². The van der Waals surface area contributed by atoms with Crippen molar-refractivity contribution in [1.82, 2.24) is 9.80 Å². The Kier molecular flexibility index (Phi) is 6.33. The highest BCUT2D eigenvalue weighted by Gasteiger charge is 2.29. The van der Waals surface area contributed by atoms with Crippen LogP contribution in [0.15, 0.2) is 24.3 Å². The van der Waals surface area contributed by atoms with E-state index >= 15 is 0 Å². The fourth-order valence-corrected chi connectivity index (χ4v) is 4.26. The van der Waals surface area contributed by atoms with E-state index in [2.05, 4.69) is 24.0 Å². The van der Waals surface area contributed by atoms with E-state index in [0.717, 1.165) is 35.8 Å². The third-order valence-corrected chi connectivity index (χ3v) is 6.34. The Labute approximate surface area is 168 Å². The highest BCUT2D eigenvalue weighted by Crippen LogP contribution is 2.29. The first kappa shape index (κ1) is 19.5. The number of carbonyl (C=O) groups excluding carboxylic acids is 1. The molecule has 2 heterocycles. The molecule has 1 amide bonds. The second-order valence-electron chi connectivity index (χ2n) is 8.23. The van der Waals surface area contributed by atoms with Gasteiger partial charge in [0.25, 0.3) is 0 Å². The molecule has 1 aromatic rings. The molecule has 0 unspecified atom stereocenters. The van der Waals surface area contributed by atoms with Crippen molar-refractivity contribution in [3.63, 3.8) is 0 Å². The van der Waals surface area contributed by atoms with E-state index in [1.165, 1.54) is 32.4 Å². The molecular formula is C23H32N2O3. The molecule has 0 N–H and O–H groups in total. The Hall–Kier alpha value is -1.85. The van der Waals surface area contributed by atoms with E-state index in [0.29, 0.717) is 32.4 Å². The molecule has 2 saturated heterocycles. The zero-order chi connectivity index (χ0) is 19.3. The lowest BCUT2D eigenvalue weighted by Crippen LogP contribution is -2.46. The maximum atomic E-state index is 12.3. The van der Waals surface area contributed by atoms with E-state index in [-0.39, 0.29) is 5.91 Å². The Morgan fingerprint density at radius 2 is 1.86 bits per heavy atom. The molecule has 5 nitrogen and oxygen atoms in total. The maximum Gasteiger partial charge on any atom is 0.246 e. The smallest absolute Gasteiger partial charge is 0.246 e. The lowest BCUT2D eigenvalue weighted by molar-refractivity contribution is -0.129. The van der Waals surface area contributed by atoms with Crippen LogP contribution in [0.1, 0.15) is 43.2 Å². The summed E-state index contributed by atoms with van der Waals surface area (Å²) in [6, 6.07) is 7.02. The minimum Gasteiger partial charge on any atom is -0.490 e. The molecule has 0 atom stereocenters. The third-order valence-electron chi connectivity index (χ3n) is 6.34. The first-order chi connectivity index (χ1) is 13.7. The van der Waals surface area contributed by atoms with Gasteiger partial charge in [0.15, 0.2) is 0 Å². The number of rotatable bonds is 5. The molecule has 4 rings (SSSR count). The number of hydrogen-bond acceptors (Lipinski definition) is 4. The average Bonchev–Trinajstić information content (AvgIpc) is 2.68. The predicted octanol–water partition coefficient (Wildman–Crippen LogP) is 3.26. The number of ether oxygens (including phenoxy) is 2. The zero-order valence-electron chi connectivity index (χ0n) is 16.9. The van der Waals surface area contributed by atoms with E-state index in [9.17, 15) is 4.79 Å². The molecule has 1 saturated carbocycles. The molecule has 0 radical (unpaired) electrons. The lowest BCUT2D eigenvalue weighted by atomic mass is 9.90. The number of piperidine rings is 1. The van der Waals surface area contributed by atoms with Crippen molar-refractivity contribution in [1.29, 1.82) is 0 Å². The van der Waals surface area contributed by atoms with Gasteiger partial charge in [-0.15, -0.1) is 0 Å². The number of aryl methyl sites for hydroxylation is 1. The van der Waals surface area contributed by atoms with Crippen LogP contribution in [0.4, 0.5) is 0 Å². The topological polar surface area (TPSA) is 42.0 Å². The standard InChI is InChI=1S/C23H32N2O3/c1-18-17-22(28-21-9-11-24(12-10-21)20-3-2-4-20)7-5-19(18)6-8-23(26)25-13-15-27-16-14-25/h5-8,17,20-21H,2-4,9-16H2,1H3. The molecule has 152 valence electrons. The largest absolute Gasteiger partial charge is 0.490 e. The Morgan fingerprint density at radius 1 is 1.11 bits per heavy atom. The van der Waals surface area contributed by atoms with Crippen molar-refractivity contribution in [3.8, 4) is 5.75 Å². The summed E-state index contributed by atoms with van der Waals surface area (Å²) in [5.74, 6) is 0.998. The van der Waals surface area contributed by atoms with Crippen LogP contribution < -0.4 is 4.74 Å². The predicted molar refractivity (Wildman–Crippen MR) is 110 cm³/mol. The summed E-state index contributed by atoms with van der Waals surface area (Å²) in [5, 5.41) is 0. The number of nitrogens with zero attached hydrogens (tertiary/aromatic N) is 2. The van der Waals surface area contributed by atoms with Gasteiger partial charge in [-0.05, 0) is 61.9 Å². The fraction of sp³-hybridized carbons (Fsp3) is 0.609. The minimum absolute atomic E-state index is 0.0567. The van der Waals surface area contributed by atoms with Crippen LogP contribution in [0, 0.1) is 6.92 Å². The second kappa shape index (κ2) is 9.10. The van der Waals surface area contributed by atoms with Gasteiger partial charge < -0.3 is 19.3 Å². The SMILES string of the molecule is Cc1cc(OC2CCN(C3CCC3)CC2)ccc1C=CC(=O)N1CCOCC1. The van der Waals surface area contributed by atoms with Gasteiger partial charge in [0.1, 0.15) is 11.9 Å². The van der Waals surface area contributed by atoms with Crippen LogP contribution in [0.2, 0.25) is 0 Å². The number of benzene rings is 1. The van der Waals surface area contributed by atoms with Crippen LogP contribution in [-0.2, 0) is 9.53 Å². The van der Waals surface area contributed by atoms with Gasteiger partial charge >= 0.3 is 0 Å². The summed E-state index contributed by atoms with van der Waals surface area (Å²) in [6.07, 6.45) is 10.3. The molecule has 3 aliphatic rings. The molecule has 3 fully saturated rings. The van der Waals surface area contributed by atoms with E-state index in [1.807, 2.05) is 17.0 Å². The van der Waals surface area contributed by atoms with Gasteiger partial charge in [-0.25, -0.2) is 0 Å². The van der Waals surface area contributed by atoms with Crippen molar-refractivity contribution in [2.75, 3.05) is 39.4 Å². The number of amides is 1. The van der Waals surface area contributed by atoms with Crippen molar-refractivity contribution < 1.29 is 14.3 Å². The number of morpholine rings is 1. The molecule has 28 heavy (non-hydrogen) atoms. The van der Waals surface area contributed by atoms with Crippen molar-refractivity contribution in [2.24, 2.45) is 0 Å². The Balaban J connectivity index is 1.29. The highest BCUT2D eigenvalue weighted by molar-refractivity contribution is 5.92. The number of carbonyl (C=O) groups is 1. The summed E-state index contributed by atoms with van der Waals surface area (Å²) in [6.45, 7) is 7.01. The Morgan fingerprint density at radius 3 is 2.50 bits per heavy atom. The van der Waals surface area contributed by atoms with Crippen LogP contribution in [0.3, 0.4) is 0 Å². The lowest BCUT2D eigenvalue weighted by Gasteiger charge is -2.41. The van der Waals surface area contributed by atoms with Crippen LogP contribution in [0.5, 0.6) is 5.75 Å². The van der Waals surface area contributed by atoms with Crippen molar-refractivity contribution >= 4 is 12.0 Å². The number of hydrogen-bond donors (Lipinski definition) is 0. The summed E-state index contributed by atoms with van der Waals surface area (Å²) in [7, 11) is 0. The summed E-state index contributed by atoms with van der Waals surface area (Å²) >= 11 is 0. The second-order valence-corrected chi connectivity index (χ2v) is 8.23. The van der Waals surface area contributed by atoms with E-state index in [1.54, 1.807) is 6.08 Å². The summed E-state index contributed by atoms with van der Waals surface area (Å²) in [5.41, 5.74) is 2.20. The molecule has 2 aliphatic heterocycles. The molecular weight excluding hydrogens is 352 g/mol. The van der Waals surface area contributed by atoms with Gasteiger partial charge in [-0.3, -0.25) is 4.79 Å². The fourth-order valence-electron chi connectivity index (χ4n) is 4.26. The normalized spacial score (nSPS) is 22.4. The first-order valence-corrected chi connectivity index (χ1v) is 10.7. The Bertz CT molecular complexity index is 700. The van der Waals surface area contributed by atoms with Crippen molar-refractivity contribution in [2.45, 2.75) is 51.2 Å². The van der Waals surface area contributed by atoms with Gasteiger partial charge in [0.05, 0.1) is 13.2 Å². The zero-order valence-corrected chi connectivity index (χ0v) is 16.9. The maximum absolute atomic E-state index is 12.3. The van der Waals surface area contributed by atoms with Gasteiger partial charge in [0, 0.05) is 38.3 Å². The molecule has 5 heteroatoms. The van der Waals surface area contributed by atoms with Gasteiger partial charge in [0.2, 0.25) is 5.91 Å². The van der Waals surface area contributed by atoms with Crippen molar-refractivity contribution in [3.05, 3.63) is 35.4 Å². The number of likely N-dealkylation sites (tertiary alicyclic amines) is 1. The van der Waals surface area contributed by atoms with Crippen LogP contribution in [-0.4, -0.2) is 67.2 Å². The molecule has 1 aromatic carbocycles. The molecule has 0 bridgehead atoms. The van der Waals surface area contributed by atoms with Crippen LogP contribution >= 0.6 is 0 Å². The molecule has 0 spiro atoms. The average molecular weight is 385 g/mol. The molecule has 0 aromatic heterocycles. The van der Waals surface area contributed by atoms with E-state index < -0.39 is 0 Å². The van der Waals surface area contributed by atoms with Gasteiger partial charge in [-0.1, -0.05) is 12.5 Å². The monoisotopic (exact) mass is 384 g/mol. The molecule has 1 aliphatic carbocycles. The minimum atomic E-state index is 0.0567. The highest BCUT2D eigenvalue weighted by atomic mass is 16.5. The first-order valence-electron chi connectivity index (χ1n) is 10.7. The summed E-state index contributed by atoms with van der Waals surface area (Å²) in [4.78, 5) is 16.8. The van der Waals surface area contributed by atoms with Crippen LogP contribution in [0.25, 0.3) is 6.08 Å². The quantitative estimate of drug-likeness (QED) is 0.731. The third kappa shape index (κ3) is 4.76. The van der Waals surface area contributed by atoms with Gasteiger partial charge in [-0.2, -0.15) is 0 Å². The summed E-state index contributed by atoms with van der Waals surface area (Å²) < 4.78 is 11.6.